The number of benzene rings is 2. The molecule has 1 aromatic heterocycles. The standard InChI is InChI=1S/C23H19FN4O4S/c24-15-7-5-14(6-8-15)13-18-22(31)28(23(32)33-18)12-11-25-20(29)10-9-19-26-17-4-2-1-3-16(17)21(30)27-19/h1-8,13H,9-12H2,(H,25,29)(H,26,27,30)/b18-13+. The van der Waals surface area contributed by atoms with E-state index < -0.39 is 17.0 Å². The Morgan fingerprint density at radius 3 is 2.67 bits per heavy atom. The van der Waals surface area contributed by atoms with Crippen LogP contribution in [0.15, 0.2) is 58.2 Å². The summed E-state index contributed by atoms with van der Waals surface area (Å²) in [7, 11) is 0. The maximum absolute atomic E-state index is 13.0. The van der Waals surface area contributed by atoms with Crippen molar-refractivity contribution >= 4 is 45.8 Å². The van der Waals surface area contributed by atoms with E-state index in [2.05, 4.69) is 15.3 Å². The summed E-state index contributed by atoms with van der Waals surface area (Å²) in [6, 6.07) is 12.5. The summed E-state index contributed by atoms with van der Waals surface area (Å²) >= 11 is 0.799. The minimum absolute atomic E-state index is 0.0300. The van der Waals surface area contributed by atoms with Crippen LogP contribution in [0.3, 0.4) is 0 Å². The Morgan fingerprint density at radius 1 is 1.12 bits per heavy atom. The van der Waals surface area contributed by atoms with Gasteiger partial charge in [0.25, 0.3) is 16.7 Å². The third-order valence-corrected chi connectivity index (χ3v) is 5.86. The first-order valence-electron chi connectivity index (χ1n) is 10.2. The van der Waals surface area contributed by atoms with E-state index in [1.807, 2.05) is 0 Å². The summed E-state index contributed by atoms with van der Waals surface area (Å²) in [5.41, 5.74) is 0.907. The number of amides is 3. The monoisotopic (exact) mass is 466 g/mol. The fourth-order valence-electron chi connectivity index (χ4n) is 3.28. The summed E-state index contributed by atoms with van der Waals surface area (Å²) in [5, 5.41) is 2.72. The average molecular weight is 466 g/mol. The molecule has 1 fully saturated rings. The van der Waals surface area contributed by atoms with Crippen molar-refractivity contribution in [1.82, 2.24) is 20.2 Å². The average Bonchev–Trinajstić information content (AvgIpc) is 3.06. The first kappa shape index (κ1) is 22.4. The molecule has 1 saturated heterocycles. The van der Waals surface area contributed by atoms with E-state index in [0.717, 1.165) is 16.7 Å². The fourth-order valence-corrected chi connectivity index (χ4v) is 4.15. The third-order valence-electron chi connectivity index (χ3n) is 4.95. The lowest BCUT2D eigenvalue weighted by Crippen LogP contribution is -2.37. The Morgan fingerprint density at radius 2 is 1.88 bits per heavy atom. The molecule has 2 N–H and O–H groups in total. The smallest absolute Gasteiger partial charge is 0.293 e. The number of rotatable bonds is 7. The van der Waals surface area contributed by atoms with Gasteiger partial charge in [-0.3, -0.25) is 24.1 Å². The number of nitrogens with one attached hydrogen (secondary N) is 2. The van der Waals surface area contributed by atoms with Crippen molar-refractivity contribution in [3.63, 3.8) is 0 Å². The molecule has 3 amide bonds. The van der Waals surface area contributed by atoms with Crippen molar-refractivity contribution in [3.8, 4) is 0 Å². The Balaban J connectivity index is 1.28. The van der Waals surface area contributed by atoms with Crippen molar-refractivity contribution in [2.24, 2.45) is 0 Å². The molecule has 0 aliphatic carbocycles. The highest BCUT2D eigenvalue weighted by Crippen LogP contribution is 2.31. The first-order valence-corrected chi connectivity index (χ1v) is 11.0. The lowest BCUT2D eigenvalue weighted by Gasteiger charge is -2.13. The largest absolute Gasteiger partial charge is 0.354 e. The topological polar surface area (TPSA) is 112 Å². The zero-order valence-electron chi connectivity index (χ0n) is 17.3. The van der Waals surface area contributed by atoms with Crippen LogP contribution in [0.4, 0.5) is 9.18 Å². The number of para-hydroxylation sites is 1. The molecule has 0 unspecified atom stereocenters. The number of imide groups is 1. The second kappa shape index (κ2) is 9.78. The molecule has 168 valence electrons. The van der Waals surface area contributed by atoms with Gasteiger partial charge < -0.3 is 10.3 Å². The predicted molar refractivity (Wildman–Crippen MR) is 123 cm³/mol. The van der Waals surface area contributed by atoms with Gasteiger partial charge in [0.2, 0.25) is 5.91 Å². The first-order chi connectivity index (χ1) is 15.9. The number of aryl methyl sites for hydroxylation is 1. The highest BCUT2D eigenvalue weighted by atomic mass is 32.2. The van der Waals surface area contributed by atoms with E-state index in [9.17, 15) is 23.6 Å². The van der Waals surface area contributed by atoms with Crippen LogP contribution >= 0.6 is 11.8 Å². The number of fused-ring (bicyclic) bond motifs is 1. The fraction of sp³-hybridized carbons (Fsp3) is 0.174. The van der Waals surface area contributed by atoms with Crippen LogP contribution in [-0.4, -0.2) is 45.0 Å². The van der Waals surface area contributed by atoms with Crippen molar-refractivity contribution in [3.05, 3.63) is 81.0 Å². The molecule has 0 atom stereocenters. The summed E-state index contributed by atoms with van der Waals surface area (Å²) in [6.07, 6.45) is 1.86. The molecule has 1 aliphatic heterocycles. The predicted octanol–water partition coefficient (Wildman–Crippen LogP) is 2.85. The zero-order chi connectivity index (χ0) is 23.4. The van der Waals surface area contributed by atoms with Gasteiger partial charge >= 0.3 is 0 Å². The van der Waals surface area contributed by atoms with Gasteiger partial charge in [0.05, 0.1) is 15.8 Å². The second-order valence-electron chi connectivity index (χ2n) is 7.26. The van der Waals surface area contributed by atoms with Crippen molar-refractivity contribution < 1.29 is 18.8 Å². The van der Waals surface area contributed by atoms with Crippen molar-refractivity contribution in [2.75, 3.05) is 13.1 Å². The summed E-state index contributed by atoms with van der Waals surface area (Å²) in [6.45, 7) is 0.130. The minimum atomic E-state index is -0.457. The maximum atomic E-state index is 13.0. The van der Waals surface area contributed by atoms with Crippen molar-refractivity contribution in [1.29, 1.82) is 0 Å². The number of H-pyrrole nitrogens is 1. The highest BCUT2D eigenvalue weighted by Gasteiger charge is 2.34. The van der Waals surface area contributed by atoms with Gasteiger partial charge in [-0.15, -0.1) is 0 Å². The van der Waals surface area contributed by atoms with Gasteiger partial charge in [-0.1, -0.05) is 24.3 Å². The van der Waals surface area contributed by atoms with Crippen LogP contribution in [-0.2, 0) is 16.0 Å². The highest BCUT2D eigenvalue weighted by molar-refractivity contribution is 8.18. The molecule has 8 nitrogen and oxygen atoms in total. The number of aromatic nitrogens is 2. The van der Waals surface area contributed by atoms with Crippen LogP contribution in [0.5, 0.6) is 0 Å². The normalized spacial score (nSPS) is 14.9. The minimum Gasteiger partial charge on any atom is -0.354 e. The lowest BCUT2D eigenvalue weighted by molar-refractivity contribution is -0.124. The van der Waals surface area contributed by atoms with E-state index in [1.165, 1.54) is 30.3 Å². The Labute approximate surface area is 191 Å². The molecule has 2 aromatic carbocycles. The number of carbonyl (C=O) groups is 3. The van der Waals surface area contributed by atoms with E-state index in [1.54, 1.807) is 24.3 Å². The molecule has 0 spiro atoms. The Kier molecular flexibility index (Phi) is 6.64. The molecule has 3 aromatic rings. The number of hydrogen-bond donors (Lipinski definition) is 2. The Hall–Kier alpha value is -3.79. The molecule has 4 rings (SSSR count). The van der Waals surface area contributed by atoms with Gasteiger partial charge in [-0.25, -0.2) is 9.37 Å². The number of aromatic amines is 1. The maximum Gasteiger partial charge on any atom is 0.293 e. The number of nitrogens with zero attached hydrogens (tertiary/aromatic N) is 2. The molecule has 10 heteroatoms. The molecule has 1 aliphatic rings. The van der Waals surface area contributed by atoms with Gasteiger partial charge in [0.15, 0.2) is 0 Å². The summed E-state index contributed by atoms with van der Waals surface area (Å²) in [4.78, 5) is 57.3. The number of thioether (sulfide) groups is 1. The number of hydrogen-bond acceptors (Lipinski definition) is 6. The molecule has 0 radical (unpaired) electrons. The van der Waals surface area contributed by atoms with Crippen molar-refractivity contribution in [2.45, 2.75) is 12.8 Å². The third kappa shape index (κ3) is 5.35. The van der Waals surface area contributed by atoms with Crippen LogP contribution in [0.1, 0.15) is 17.8 Å². The van der Waals surface area contributed by atoms with Gasteiger partial charge in [0.1, 0.15) is 11.6 Å². The zero-order valence-corrected chi connectivity index (χ0v) is 18.2. The van der Waals surface area contributed by atoms with E-state index in [0.29, 0.717) is 22.3 Å². The van der Waals surface area contributed by atoms with Gasteiger partial charge in [-0.05, 0) is 47.7 Å². The Bertz CT molecular complexity index is 1320. The van der Waals surface area contributed by atoms with E-state index >= 15 is 0 Å². The summed E-state index contributed by atoms with van der Waals surface area (Å²) in [5.74, 6) is -0.731. The second-order valence-corrected chi connectivity index (χ2v) is 8.26. The van der Waals surface area contributed by atoms with Crippen LogP contribution in [0.25, 0.3) is 17.0 Å². The lowest BCUT2D eigenvalue weighted by atomic mass is 10.2. The summed E-state index contributed by atoms with van der Waals surface area (Å²) < 4.78 is 13.0. The molecular formula is C23H19FN4O4S. The number of carbonyl (C=O) groups excluding carboxylic acids is 3. The van der Waals surface area contributed by atoms with Crippen LogP contribution < -0.4 is 10.9 Å². The van der Waals surface area contributed by atoms with Crippen LogP contribution in [0, 0.1) is 5.82 Å². The van der Waals surface area contributed by atoms with Gasteiger partial charge in [-0.2, -0.15) is 0 Å². The number of halogens is 1. The molecule has 0 bridgehead atoms. The molecule has 0 saturated carbocycles. The molecular weight excluding hydrogens is 447 g/mol. The van der Waals surface area contributed by atoms with Gasteiger partial charge in [0, 0.05) is 25.9 Å². The quantitative estimate of drug-likeness (QED) is 0.518. The van der Waals surface area contributed by atoms with E-state index in [4.69, 9.17) is 0 Å². The van der Waals surface area contributed by atoms with E-state index in [-0.39, 0.29) is 42.3 Å². The SMILES string of the molecule is O=C(CCc1nc2ccccc2c(=O)[nH]1)NCCN1C(=O)S/C(=C/c2ccc(F)cc2)C1=O. The molecule has 2 heterocycles. The van der Waals surface area contributed by atoms with Crippen LogP contribution in [0.2, 0.25) is 0 Å². The molecule has 33 heavy (non-hydrogen) atoms.